The molecule has 0 heterocycles. The van der Waals surface area contributed by atoms with E-state index in [0.717, 1.165) is 16.6 Å². The molecule has 4 nitrogen and oxygen atoms in total. The summed E-state index contributed by atoms with van der Waals surface area (Å²) in [4.78, 5) is 10.4. The number of thioether (sulfide) groups is 1. The van der Waals surface area contributed by atoms with Gasteiger partial charge in [-0.05, 0) is 30.7 Å². The Kier molecular flexibility index (Phi) is 4.29. The average Bonchev–Trinajstić information content (AvgIpc) is 3.09. The molecule has 0 aromatic heterocycles. The van der Waals surface area contributed by atoms with Gasteiger partial charge in [-0.2, -0.15) is 11.8 Å². The molecule has 1 saturated carbocycles. The molecule has 0 spiro atoms. The van der Waals surface area contributed by atoms with Crippen molar-refractivity contribution < 1.29 is 4.92 Å². The lowest BCUT2D eigenvalue weighted by molar-refractivity contribution is -0.385. The number of hydrogen-bond acceptors (Lipinski definition) is 4. The molecule has 1 N–H and O–H groups in total. The molecule has 0 unspecified atom stereocenters. The third kappa shape index (κ3) is 3.46. The van der Waals surface area contributed by atoms with Crippen LogP contribution < -0.4 is 5.32 Å². The molecule has 98 valence electrons. The fourth-order valence-corrected chi connectivity index (χ4v) is 3.15. The zero-order chi connectivity index (χ0) is 13.2. The molecule has 0 aliphatic heterocycles. The lowest BCUT2D eigenvalue weighted by atomic mass is 10.2. The molecule has 1 aromatic carbocycles. The molecule has 6 heteroatoms. The molecule has 18 heavy (non-hydrogen) atoms. The molecule has 1 aliphatic rings. The zero-order valence-corrected chi connectivity index (χ0v) is 12.5. The zero-order valence-electron chi connectivity index (χ0n) is 10.1. The van der Waals surface area contributed by atoms with Crippen LogP contribution in [0.15, 0.2) is 22.7 Å². The third-order valence-corrected chi connectivity index (χ3v) is 5.05. The van der Waals surface area contributed by atoms with Gasteiger partial charge in [0.2, 0.25) is 0 Å². The molecule has 0 amide bonds. The van der Waals surface area contributed by atoms with Crippen molar-refractivity contribution in [3.63, 3.8) is 0 Å². The minimum atomic E-state index is -0.363. The number of benzene rings is 1. The SMILES string of the molecule is CSC1(CNCc2cc(Br)cc([N+](=O)[O-])c2)CC1. The first-order valence-electron chi connectivity index (χ1n) is 5.74. The molecule has 0 bridgehead atoms. The molecule has 1 aromatic rings. The standard InChI is InChI=1S/C12H15BrN2O2S/c1-18-12(2-3-12)8-14-7-9-4-10(13)6-11(5-9)15(16)17/h4-6,14H,2-3,7-8H2,1H3. The van der Waals surface area contributed by atoms with Crippen LogP contribution in [-0.2, 0) is 6.54 Å². The largest absolute Gasteiger partial charge is 0.311 e. The number of nitrogens with one attached hydrogen (secondary N) is 1. The summed E-state index contributed by atoms with van der Waals surface area (Å²) >= 11 is 5.21. The minimum absolute atomic E-state index is 0.132. The summed E-state index contributed by atoms with van der Waals surface area (Å²) in [5.41, 5.74) is 1.07. The summed E-state index contributed by atoms with van der Waals surface area (Å²) in [5.74, 6) is 0. The normalized spacial score (nSPS) is 16.6. The highest BCUT2D eigenvalue weighted by Crippen LogP contribution is 2.46. The molecular weight excluding hydrogens is 316 g/mol. The maximum Gasteiger partial charge on any atom is 0.270 e. The maximum atomic E-state index is 10.8. The van der Waals surface area contributed by atoms with Crippen molar-refractivity contribution in [2.75, 3.05) is 12.8 Å². The van der Waals surface area contributed by atoms with E-state index in [2.05, 4.69) is 27.5 Å². The molecule has 0 atom stereocenters. The van der Waals surface area contributed by atoms with Crippen LogP contribution in [0.5, 0.6) is 0 Å². The van der Waals surface area contributed by atoms with E-state index in [1.165, 1.54) is 18.9 Å². The van der Waals surface area contributed by atoms with Gasteiger partial charge in [0.15, 0.2) is 0 Å². The first-order valence-corrected chi connectivity index (χ1v) is 7.76. The van der Waals surface area contributed by atoms with E-state index < -0.39 is 0 Å². The fraction of sp³-hybridized carbons (Fsp3) is 0.500. The third-order valence-electron chi connectivity index (χ3n) is 3.17. The predicted molar refractivity (Wildman–Crippen MR) is 78.0 cm³/mol. The van der Waals surface area contributed by atoms with Gasteiger partial charge in [0.25, 0.3) is 5.69 Å². The summed E-state index contributed by atoms with van der Waals surface area (Å²) in [6.07, 6.45) is 4.66. The van der Waals surface area contributed by atoms with Crippen molar-refractivity contribution in [2.24, 2.45) is 0 Å². The molecule has 1 fully saturated rings. The van der Waals surface area contributed by atoms with Crippen LogP contribution in [0.25, 0.3) is 0 Å². The molecular formula is C12H15BrN2O2S. The topological polar surface area (TPSA) is 55.2 Å². The lowest BCUT2D eigenvalue weighted by Crippen LogP contribution is -2.25. The average molecular weight is 331 g/mol. The summed E-state index contributed by atoms with van der Waals surface area (Å²) in [6, 6.07) is 5.06. The number of rotatable bonds is 6. The Hall–Kier alpha value is -0.590. The highest BCUT2D eigenvalue weighted by atomic mass is 79.9. The monoisotopic (exact) mass is 330 g/mol. The van der Waals surface area contributed by atoms with Crippen LogP contribution >= 0.6 is 27.7 Å². The van der Waals surface area contributed by atoms with E-state index in [4.69, 9.17) is 0 Å². The Morgan fingerprint density at radius 1 is 1.50 bits per heavy atom. The van der Waals surface area contributed by atoms with Crippen LogP contribution in [0.4, 0.5) is 5.69 Å². The number of nitrogens with zero attached hydrogens (tertiary/aromatic N) is 1. The number of nitro benzene ring substituents is 1. The smallest absolute Gasteiger partial charge is 0.270 e. The van der Waals surface area contributed by atoms with Crippen molar-refractivity contribution in [1.29, 1.82) is 0 Å². The van der Waals surface area contributed by atoms with Crippen molar-refractivity contribution >= 4 is 33.4 Å². The Balaban J connectivity index is 1.94. The van der Waals surface area contributed by atoms with E-state index in [0.29, 0.717) is 11.3 Å². The van der Waals surface area contributed by atoms with Gasteiger partial charge in [0.05, 0.1) is 4.92 Å². The highest BCUT2D eigenvalue weighted by Gasteiger charge is 2.41. The highest BCUT2D eigenvalue weighted by molar-refractivity contribution is 9.10. The van der Waals surface area contributed by atoms with E-state index >= 15 is 0 Å². The second-order valence-corrected chi connectivity index (χ2v) is 6.76. The van der Waals surface area contributed by atoms with Gasteiger partial charge in [-0.1, -0.05) is 15.9 Å². The van der Waals surface area contributed by atoms with Crippen LogP contribution in [0, 0.1) is 10.1 Å². The maximum absolute atomic E-state index is 10.8. The number of hydrogen-bond donors (Lipinski definition) is 1. The van der Waals surface area contributed by atoms with Gasteiger partial charge < -0.3 is 5.32 Å². The van der Waals surface area contributed by atoms with Crippen molar-refractivity contribution in [1.82, 2.24) is 5.32 Å². The Morgan fingerprint density at radius 2 is 2.22 bits per heavy atom. The van der Waals surface area contributed by atoms with E-state index in [9.17, 15) is 10.1 Å². The molecule has 0 radical (unpaired) electrons. The molecule has 2 rings (SSSR count). The van der Waals surface area contributed by atoms with Gasteiger partial charge in [0, 0.05) is 34.4 Å². The molecule has 1 aliphatic carbocycles. The summed E-state index contributed by atoms with van der Waals surface area (Å²) < 4.78 is 1.16. The first kappa shape index (κ1) is 13.8. The fourth-order valence-electron chi connectivity index (χ4n) is 1.87. The second kappa shape index (κ2) is 5.59. The van der Waals surface area contributed by atoms with Gasteiger partial charge in [-0.3, -0.25) is 10.1 Å². The number of non-ortho nitro benzene ring substituents is 1. The summed E-state index contributed by atoms with van der Waals surface area (Å²) in [7, 11) is 0. The lowest BCUT2D eigenvalue weighted by Gasteiger charge is -2.13. The quantitative estimate of drug-likeness (QED) is 0.642. The van der Waals surface area contributed by atoms with Gasteiger partial charge in [-0.25, -0.2) is 0 Å². The minimum Gasteiger partial charge on any atom is -0.311 e. The predicted octanol–water partition coefficient (Wildman–Crippen LogP) is 3.34. The van der Waals surface area contributed by atoms with Crippen molar-refractivity contribution in [2.45, 2.75) is 24.1 Å². The van der Waals surface area contributed by atoms with E-state index in [1.807, 2.05) is 17.8 Å². The Labute approximate surface area is 119 Å². The van der Waals surface area contributed by atoms with Gasteiger partial charge >= 0.3 is 0 Å². The van der Waals surface area contributed by atoms with E-state index in [-0.39, 0.29) is 10.6 Å². The molecule has 0 saturated heterocycles. The van der Waals surface area contributed by atoms with Gasteiger partial charge in [0.1, 0.15) is 0 Å². The van der Waals surface area contributed by atoms with Crippen LogP contribution in [0.1, 0.15) is 18.4 Å². The van der Waals surface area contributed by atoms with Crippen LogP contribution in [-0.4, -0.2) is 22.5 Å². The Bertz CT molecular complexity index is 463. The van der Waals surface area contributed by atoms with Crippen molar-refractivity contribution in [3.8, 4) is 0 Å². The first-order chi connectivity index (χ1) is 8.54. The Morgan fingerprint density at radius 3 is 2.78 bits per heavy atom. The number of nitro groups is 1. The second-order valence-electron chi connectivity index (χ2n) is 4.57. The van der Waals surface area contributed by atoms with Gasteiger partial charge in [-0.15, -0.1) is 0 Å². The van der Waals surface area contributed by atoms with E-state index in [1.54, 1.807) is 6.07 Å². The van der Waals surface area contributed by atoms with Crippen LogP contribution in [0.2, 0.25) is 0 Å². The van der Waals surface area contributed by atoms with Crippen LogP contribution in [0.3, 0.4) is 0 Å². The van der Waals surface area contributed by atoms with Crippen molar-refractivity contribution in [3.05, 3.63) is 38.3 Å². The summed E-state index contributed by atoms with van der Waals surface area (Å²) in [5, 5.41) is 14.1. The summed E-state index contributed by atoms with van der Waals surface area (Å²) in [6.45, 7) is 1.64. The number of halogens is 1.